The van der Waals surface area contributed by atoms with Gasteiger partial charge in [0.1, 0.15) is 0 Å². The molecular formula is C26H25N3O2. The zero-order valence-electron chi connectivity index (χ0n) is 17.3. The number of hydrogen-bond acceptors (Lipinski definition) is 3. The smallest absolute Gasteiger partial charge is 0.227 e. The van der Waals surface area contributed by atoms with Gasteiger partial charge in [-0.05, 0) is 60.2 Å². The number of carbonyl (C=O) groups excluding carboxylic acids is 2. The number of hydrogen-bond donors (Lipinski definition) is 1. The molecule has 2 aliphatic rings. The molecule has 2 amide bonds. The maximum atomic E-state index is 13.2. The average Bonchev–Trinajstić information content (AvgIpc) is 3.44. The fourth-order valence-electron chi connectivity index (χ4n) is 4.64. The zero-order valence-corrected chi connectivity index (χ0v) is 17.3. The lowest BCUT2D eigenvalue weighted by molar-refractivity contribution is -0.126. The van der Waals surface area contributed by atoms with E-state index >= 15 is 0 Å². The lowest BCUT2D eigenvalue weighted by Gasteiger charge is -2.21. The number of carbonyl (C=O) groups is 2. The molecule has 2 heterocycles. The molecule has 1 N–H and O–H groups in total. The van der Waals surface area contributed by atoms with Crippen LogP contribution in [0.15, 0.2) is 72.9 Å². The number of fused-ring (bicyclic) bond motifs is 1. The van der Waals surface area contributed by atoms with Crippen molar-refractivity contribution >= 4 is 17.5 Å². The van der Waals surface area contributed by atoms with Gasteiger partial charge in [0.05, 0.1) is 17.7 Å². The third-order valence-electron chi connectivity index (χ3n) is 6.29. The Labute approximate surface area is 182 Å². The number of pyridine rings is 1. The first-order valence-electron chi connectivity index (χ1n) is 10.9. The number of amides is 2. The van der Waals surface area contributed by atoms with Crippen molar-refractivity contribution in [3.05, 3.63) is 95.3 Å². The summed E-state index contributed by atoms with van der Waals surface area (Å²) in [7, 11) is 0. The van der Waals surface area contributed by atoms with Crippen molar-refractivity contribution in [1.29, 1.82) is 0 Å². The Kier molecular flexibility index (Phi) is 5.24. The van der Waals surface area contributed by atoms with Crippen LogP contribution in [-0.4, -0.2) is 23.3 Å². The van der Waals surface area contributed by atoms with E-state index < -0.39 is 0 Å². The minimum Gasteiger partial charge on any atom is -0.343 e. The van der Waals surface area contributed by atoms with Crippen molar-refractivity contribution in [1.82, 2.24) is 10.3 Å². The normalized spacial score (nSPS) is 18.6. The van der Waals surface area contributed by atoms with Crippen LogP contribution in [0.3, 0.4) is 0 Å². The van der Waals surface area contributed by atoms with Gasteiger partial charge >= 0.3 is 0 Å². The first kappa shape index (κ1) is 19.5. The Morgan fingerprint density at radius 2 is 1.81 bits per heavy atom. The van der Waals surface area contributed by atoms with Crippen LogP contribution in [0.1, 0.15) is 41.3 Å². The van der Waals surface area contributed by atoms with Crippen LogP contribution in [0.4, 0.5) is 5.69 Å². The van der Waals surface area contributed by atoms with E-state index in [9.17, 15) is 9.59 Å². The number of rotatable bonds is 5. The second-order valence-corrected chi connectivity index (χ2v) is 8.32. The molecule has 1 aliphatic heterocycles. The van der Waals surface area contributed by atoms with Crippen LogP contribution in [0.5, 0.6) is 0 Å². The largest absolute Gasteiger partial charge is 0.343 e. The zero-order chi connectivity index (χ0) is 21.2. The Bertz CT molecular complexity index is 1060. The number of aromatic nitrogens is 1. The molecule has 156 valence electrons. The first-order chi connectivity index (χ1) is 15.2. The van der Waals surface area contributed by atoms with Crippen molar-refractivity contribution < 1.29 is 9.59 Å². The Morgan fingerprint density at radius 3 is 2.61 bits per heavy atom. The Morgan fingerprint density at radius 1 is 1.00 bits per heavy atom. The number of benzene rings is 2. The SMILES string of the molecule is O=C(N[C@@H](c1ccccc1)c1ccccn1)[C@@H]1CC(=O)N(c2ccc3c(c2)CCC3)C1. The topological polar surface area (TPSA) is 62.3 Å². The van der Waals surface area contributed by atoms with Crippen LogP contribution >= 0.6 is 0 Å². The summed E-state index contributed by atoms with van der Waals surface area (Å²) in [6.07, 6.45) is 5.31. The van der Waals surface area contributed by atoms with E-state index in [0.717, 1.165) is 29.8 Å². The highest BCUT2D eigenvalue weighted by atomic mass is 16.2. The van der Waals surface area contributed by atoms with Crippen molar-refractivity contribution in [2.24, 2.45) is 5.92 Å². The molecule has 0 spiro atoms. The van der Waals surface area contributed by atoms with Gasteiger partial charge in [-0.1, -0.05) is 42.5 Å². The minimum atomic E-state index is -0.379. The van der Waals surface area contributed by atoms with E-state index in [1.165, 1.54) is 17.5 Å². The van der Waals surface area contributed by atoms with Gasteiger partial charge in [-0.3, -0.25) is 14.6 Å². The van der Waals surface area contributed by atoms with Gasteiger partial charge in [0.25, 0.3) is 0 Å². The quantitative estimate of drug-likeness (QED) is 0.694. The third-order valence-corrected chi connectivity index (χ3v) is 6.29. The summed E-state index contributed by atoms with van der Waals surface area (Å²) in [4.78, 5) is 32.2. The van der Waals surface area contributed by atoms with Gasteiger partial charge in [0, 0.05) is 24.8 Å². The molecule has 5 nitrogen and oxygen atoms in total. The molecule has 1 saturated heterocycles. The highest BCUT2D eigenvalue weighted by Crippen LogP contribution is 2.31. The monoisotopic (exact) mass is 411 g/mol. The van der Waals surface area contributed by atoms with E-state index in [0.29, 0.717) is 6.54 Å². The van der Waals surface area contributed by atoms with Crippen LogP contribution < -0.4 is 10.2 Å². The van der Waals surface area contributed by atoms with Crippen molar-refractivity contribution in [2.75, 3.05) is 11.4 Å². The van der Waals surface area contributed by atoms with Crippen LogP contribution in [0.25, 0.3) is 0 Å². The van der Waals surface area contributed by atoms with Crippen molar-refractivity contribution in [3.8, 4) is 0 Å². The van der Waals surface area contributed by atoms with Gasteiger partial charge in [-0.25, -0.2) is 0 Å². The maximum Gasteiger partial charge on any atom is 0.227 e. The summed E-state index contributed by atoms with van der Waals surface area (Å²) in [6, 6.07) is 21.4. The molecule has 0 saturated carbocycles. The first-order valence-corrected chi connectivity index (χ1v) is 10.9. The number of anilines is 1. The molecule has 31 heavy (non-hydrogen) atoms. The molecule has 5 heteroatoms. The summed E-state index contributed by atoms with van der Waals surface area (Å²) < 4.78 is 0. The Balaban J connectivity index is 1.34. The average molecular weight is 412 g/mol. The molecule has 2 aromatic carbocycles. The number of aryl methyl sites for hydroxylation is 2. The standard InChI is InChI=1S/C26H25N3O2/c30-24-16-21(17-29(24)22-13-12-18-9-6-10-20(18)15-22)26(31)28-25(19-7-2-1-3-8-19)23-11-4-5-14-27-23/h1-5,7-8,11-15,21,25H,6,9-10,16-17H2,(H,28,31)/t21-,25+/m1/s1. The molecule has 1 aliphatic carbocycles. The van der Waals surface area contributed by atoms with E-state index in [1.807, 2.05) is 54.6 Å². The number of nitrogens with zero attached hydrogens (tertiary/aromatic N) is 2. The molecule has 0 bridgehead atoms. The summed E-state index contributed by atoms with van der Waals surface area (Å²) in [5.41, 5.74) is 5.37. The highest BCUT2D eigenvalue weighted by Gasteiger charge is 2.36. The van der Waals surface area contributed by atoms with Crippen molar-refractivity contribution in [3.63, 3.8) is 0 Å². The molecule has 2 atom stereocenters. The highest BCUT2D eigenvalue weighted by molar-refractivity contribution is 6.00. The van der Waals surface area contributed by atoms with Gasteiger partial charge in [-0.2, -0.15) is 0 Å². The van der Waals surface area contributed by atoms with Crippen molar-refractivity contribution in [2.45, 2.75) is 31.7 Å². The van der Waals surface area contributed by atoms with E-state index in [-0.39, 0.29) is 30.2 Å². The lowest BCUT2D eigenvalue weighted by Crippen LogP contribution is -2.36. The predicted octanol–water partition coefficient (Wildman–Crippen LogP) is 3.83. The minimum absolute atomic E-state index is 0.00666. The van der Waals surface area contributed by atoms with E-state index in [1.54, 1.807) is 11.1 Å². The van der Waals surface area contributed by atoms with Gasteiger partial charge in [0.15, 0.2) is 0 Å². The Hall–Kier alpha value is -3.47. The fraction of sp³-hybridized carbons (Fsp3) is 0.269. The second kappa shape index (κ2) is 8.34. The molecular weight excluding hydrogens is 386 g/mol. The molecule has 0 radical (unpaired) electrons. The summed E-state index contributed by atoms with van der Waals surface area (Å²) in [5, 5.41) is 3.15. The van der Waals surface area contributed by atoms with Crippen LogP contribution in [0.2, 0.25) is 0 Å². The lowest BCUT2D eigenvalue weighted by atomic mass is 10.0. The fourth-order valence-corrected chi connectivity index (χ4v) is 4.64. The summed E-state index contributed by atoms with van der Waals surface area (Å²) in [5.74, 6) is -0.487. The molecule has 0 unspecified atom stereocenters. The molecule has 5 rings (SSSR count). The van der Waals surface area contributed by atoms with Crippen LogP contribution in [-0.2, 0) is 22.4 Å². The van der Waals surface area contributed by atoms with Gasteiger partial charge in [0.2, 0.25) is 11.8 Å². The maximum absolute atomic E-state index is 13.2. The third kappa shape index (κ3) is 3.96. The number of nitrogens with one attached hydrogen (secondary N) is 1. The molecule has 1 aromatic heterocycles. The van der Waals surface area contributed by atoms with Gasteiger partial charge in [-0.15, -0.1) is 0 Å². The summed E-state index contributed by atoms with van der Waals surface area (Å²) in [6.45, 7) is 0.410. The van der Waals surface area contributed by atoms with Crippen LogP contribution in [0, 0.1) is 5.92 Å². The predicted molar refractivity (Wildman–Crippen MR) is 120 cm³/mol. The van der Waals surface area contributed by atoms with E-state index in [2.05, 4.69) is 22.4 Å². The second-order valence-electron chi connectivity index (χ2n) is 8.32. The molecule has 3 aromatic rings. The summed E-state index contributed by atoms with van der Waals surface area (Å²) >= 11 is 0. The molecule has 1 fully saturated rings. The van der Waals surface area contributed by atoms with Gasteiger partial charge < -0.3 is 10.2 Å². The van der Waals surface area contributed by atoms with E-state index in [4.69, 9.17) is 0 Å².